The van der Waals surface area contributed by atoms with Crippen LogP contribution in [0.4, 0.5) is 0 Å². The van der Waals surface area contributed by atoms with E-state index < -0.39 is 0 Å². The summed E-state index contributed by atoms with van der Waals surface area (Å²) in [7, 11) is 0. The van der Waals surface area contributed by atoms with Crippen molar-refractivity contribution in [3.05, 3.63) is 95.6 Å². The summed E-state index contributed by atoms with van der Waals surface area (Å²) in [5.74, 6) is 0. The van der Waals surface area contributed by atoms with Gasteiger partial charge in [0.05, 0.1) is 0 Å². The molecule has 0 radical (unpaired) electrons. The van der Waals surface area contributed by atoms with Crippen molar-refractivity contribution in [3.8, 4) is 0 Å². The van der Waals surface area contributed by atoms with E-state index in [9.17, 15) is 0 Å². The van der Waals surface area contributed by atoms with Crippen LogP contribution in [0.15, 0.2) is 66.7 Å². The first-order chi connectivity index (χ1) is 11.3. The highest BCUT2D eigenvalue weighted by molar-refractivity contribution is 6.04. The summed E-state index contributed by atoms with van der Waals surface area (Å²) in [5.41, 5.74) is 3.96. The van der Waals surface area contributed by atoms with Crippen LogP contribution in [0.25, 0.3) is 33.7 Å². The molecular weight excluding hydrogens is 276 g/mol. The van der Waals surface area contributed by atoms with E-state index in [2.05, 4.69) is 79.7 Å². The topological polar surface area (TPSA) is 0 Å². The second-order valence-corrected chi connectivity index (χ2v) is 5.77. The number of aryl methyl sites for hydroxylation is 1. The van der Waals surface area contributed by atoms with Crippen LogP contribution in [0.3, 0.4) is 0 Å². The zero-order valence-corrected chi connectivity index (χ0v) is 13.0. The highest BCUT2D eigenvalue weighted by Crippen LogP contribution is 2.30. The number of rotatable bonds is 0. The van der Waals surface area contributed by atoms with Gasteiger partial charge in [-0.2, -0.15) is 0 Å². The van der Waals surface area contributed by atoms with E-state index in [4.69, 9.17) is 0 Å². The Hall–Kier alpha value is -3.04. The van der Waals surface area contributed by atoms with Crippen molar-refractivity contribution in [3.63, 3.8) is 0 Å². The summed E-state index contributed by atoms with van der Waals surface area (Å²) in [6.07, 6.45) is 4.36. The molecule has 5 rings (SSSR count). The monoisotopic (exact) mass is 292 g/mol. The number of benzene rings is 3. The van der Waals surface area contributed by atoms with Gasteiger partial charge in [0.1, 0.15) is 0 Å². The van der Waals surface area contributed by atoms with Crippen LogP contribution in [0, 0.1) is 19.1 Å². The largest absolute Gasteiger partial charge is 0.0693 e. The summed E-state index contributed by atoms with van der Waals surface area (Å²) in [4.78, 5) is 0. The van der Waals surface area contributed by atoms with Gasteiger partial charge in [-0.1, -0.05) is 78.9 Å². The summed E-state index contributed by atoms with van der Waals surface area (Å²) >= 11 is 0. The summed E-state index contributed by atoms with van der Waals surface area (Å²) in [6, 6.07) is 29.1. The Bertz CT molecular complexity index is 976. The SMILES string of the molecule is C1=Cc2cccc3cccc1c23.Cc1cc#cc2ccccc12. The van der Waals surface area contributed by atoms with Gasteiger partial charge >= 0.3 is 0 Å². The van der Waals surface area contributed by atoms with E-state index in [0.29, 0.717) is 0 Å². The molecule has 0 N–H and O–H groups in total. The van der Waals surface area contributed by atoms with Crippen LogP contribution >= 0.6 is 0 Å². The predicted octanol–water partition coefficient (Wildman–Crippen LogP) is 6.07. The molecule has 0 saturated heterocycles. The van der Waals surface area contributed by atoms with Gasteiger partial charge in [0.15, 0.2) is 0 Å². The van der Waals surface area contributed by atoms with E-state index in [1.54, 1.807) is 0 Å². The van der Waals surface area contributed by atoms with E-state index in [0.717, 1.165) is 5.39 Å². The van der Waals surface area contributed by atoms with Crippen LogP contribution in [0.5, 0.6) is 0 Å². The maximum absolute atomic E-state index is 3.07. The third kappa shape index (κ3) is 2.47. The molecule has 0 spiro atoms. The second-order valence-electron chi connectivity index (χ2n) is 5.77. The molecule has 0 nitrogen and oxygen atoms in total. The minimum absolute atomic E-state index is 1.15. The highest BCUT2D eigenvalue weighted by Gasteiger charge is 2.06. The maximum atomic E-state index is 3.07. The normalized spacial score (nSPS) is 11.2. The number of hydrogen-bond donors (Lipinski definition) is 0. The molecule has 1 aliphatic rings. The lowest BCUT2D eigenvalue weighted by atomic mass is 10.0. The molecule has 4 aromatic carbocycles. The van der Waals surface area contributed by atoms with Crippen molar-refractivity contribution in [2.75, 3.05) is 0 Å². The molecule has 0 atom stereocenters. The zero-order chi connectivity index (χ0) is 15.6. The summed E-state index contributed by atoms with van der Waals surface area (Å²) in [5, 5.41) is 5.16. The van der Waals surface area contributed by atoms with Crippen LogP contribution in [-0.2, 0) is 0 Å². The Kier molecular flexibility index (Phi) is 3.33. The average molecular weight is 292 g/mol. The number of hydrogen-bond acceptors (Lipinski definition) is 0. The van der Waals surface area contributed by atoms with Gasteiger partial charge < -0.3 is 0 Å². The van der Waals surface area contributed by atoms with E-state index in [1.807, 2.05) is 18.2 Å². The first kappa shape index (κ1) is 13.6. The Balaban J connectivity index is 0.000000118. The van der Waals surface area contributed by atoms with Crippen LogP contribution in [0.1, 0.15) is 16.7 Å². The second kappa shape index (κ2) is 5.63. The molecule has 1 aliphatic carbocycles. The van der Waals surface area contributed by atoms with Crippen molar-refractivity contribution >= 4 is 33.7 Å². The minimum atomic E-state index is 1.15. The van der Waals surface area contributed by atoms with Gasteiger partial charge in [0.25, 0.3) is 0 Å². The van der Waals surface area contributed by atoms with Gasteiger partial charge in [-0.15, -0.1) is 0 Å². The molecule has 0 unspecified atom stereocenters. The molecule has 0 saturated carbocycles. The molecule has 0 heteroatoms. The van der Waals surface area contributed by atoms with Crippen LogP contribution in [0.2, 0.25) is 0 Å². The highest BCUT2D eigenvalue weighted by atomic mass is 14.1. The molecule has 108 valence electrons. The van der Waals surface area contributed by atoms with E-state index in [-0.39, 0.29) is 0 Å². The lowest BCUT2D eigenvalue weighted by Gasteiger charge is -1.99. The van der Waals surface area contributed by atoms with Crippen molar-refractivity contribution < 1.29 is 0 Å². The van der Waals surface area contributed by atoms with Crippen molar-refractivity contribution in [1.29, 1.82) is 0 Å². The van der Waals surface area contributed by atoms with Crippen molar-refractivity contribution in [2.45, 2.75) is 6.92 Å². The molecule has 23 heavy (non-hydrogen) atoms. The smallest absolute Gasteiger partial charge is 0.0324 e. The first-order valence-electron chi connectivity index (χ1n) is 7.80. The lowest BCUT2D eigenvalue weighted by molar-refractivity contribution is 1.54. The third-order valence-electron chi connectivity index (χ3n) is 4.26. The van der Waals surface area contributed by atoms with Gasteiger partial charge in [-0.05, 0) is 51.9 Å². The Morgan fingerprint density at radius 2 is 1.43 bits per heavy atom. The lowest BCUT2D eigenvalue weighted by Crippen LogP contribution is -1.76. The van der Waals surface area contributed by atoms with Crippen molar-refractivity contribution in [1.82, 2.24) is 0 Å². The fraction of sp³-hybridized carbons (Fsp3) is 0.0435. The standard InChI is InChI=1S/C12H8.C11H8/c1-3-9-4-2-6-11-8-7-10(5-1)12(9)11;1-9-5-4-7-10-6-2-3-8-11(9)10/h1-8H;2-3,5-6,8H,1H3. The minimum Gasteiger partial charge on any atom is -0.0693 e. The average Bonchev–Trinajstić information content (AvgIpc) is 3.02. The molecular formula is C23H16. The quantitative estimate of drug-likeness (QED) is 0.325. The molecule has 0 amide bonds. The van der Waals surface area contributed by atoms with E-state index in [1.165, 1.54) is 32.8 Å². The van der Waals surface area contributed by atoms with Gasteiger partial charge in [-0.3, -0.25) is 0 Å². The summed E-state index contributed by atoms with van der Waals surface area (Å²) in [6.45, 7) is 2.09. The third-order valence-corrected chi connectivity index (χ3v) is 4.26. The molecule has 0 aromatic heterocycles. The van der Waals surface area contributed by atoms with E-state index >= 15 is 0 Å². The molecule has 0 heterocycles. The Morgan fingerprint density at radius 1 is 0.739 bits per heavy atom. The fourth-order valence-electron chi connectivity index (χ4n) is 3.09. The Labute approximate surface area is 136 Å². The molecule has 0 bridgehead atoms. The Morgan fingerprint density at radius 3 is 2.13 bits per heavy atom. The van der Waals surface area contributed by atoms with Gasteiger partial charge in [0.2, 0.25) is 0 Å². The van der Waals surface area contributed by atoms with Gasteiger partial charge in [0, 0.05) is 5.39 Å². The first-order valence-corrected chi connectivity index (χ1v) is 7.80. The van der Waals surface area contributed by atoms with Crippen LogP contribution in [-0.4, -0.2) is 0 Å². The predicted molar refractivity (Wildman–Crippen MR) is 99.2 cm³/mol. The van der Waals surface area contributed by atoms with Gasteiger partial charge in [-0.25, -0.2) is 0 Å². The zero-order valence-electron chi connectivity index (χ0n) is 13.0. The summed E-state index contributed by atoms with van der Waals surface area (Å²) < 4.78 is 0. The molecule has 4 aromatic rings. The fourth-order valence-corrected chi connectivity index (χ4v) is 3.09. The molecule has 0 fully saturated rings. The van der Waals surface area contributed by atoms with Crippen molar-refractivity contribution in [2.24, 2.45) is 0 Å². The molecule has 0 aliphatic heterocycles. The maximum Gasteiger partial charge on any atom is 0.0324 e. The van der Waals surface area contributed by atoms with Crippen LogP contribution < -0.4 is 0 Å². The number of fused-ring (bicyclic) bond motifs is 1.